The van der Waals surface area contributed by atoms with E-state index in [4.69, 9.17) is 9.15 Å². The molecule has 0 saturated carbocycles. The summed E-state index contributed by atoms with van der Waals surface area (Å²) >= 11 is 1.51. The zero-order chi connectivity index (χ0) is 19.9. The molecule has 28 heavy (non-hydrogen) atoms. The molecule has 0 aliphatic carbocycles. The molecule has 1 N–H and O–H groups in total. The van der Waals surface area contributed by atoms with Crippen LogP contribution < -0.4 is 0 Å². The van der Waals surface area contributed by atoms with Crippen molar-refractivity contribution in [2.24, 2.45) is 0 Å². The second-order valence-corrected chi connectivity index (χ2v) is 8.65. The van der Waals surface area contributed by atoms with Crippen molar-refractivity contribution in [1.29, 1.82) is 0 Å². The van der Waals surface area contributed by atoms with Crippen LogP contribution in [-0.2, 0) is 10.2 Å². The predicted octanol–water partition coefficient (Wildman–Crippen LogP) is 5.49. The van der Waals surface area contributed by atoms with Crippen molar-refractivity contribution in [3.8, 4) is 10.8 Å². The van der Waals surface area contributed by atoms with Gasteiger partial charge in [-0.05, 0) is 41.5 Å². The van der Waals surface area contributed by atoms with Gasteiger partial charge in [0.25, 0.3) is 11.8 Å². The number of ether oxygens (including phenoxy) is 1. The number of aromatic amines is 1. The maximum atomic E-state index is 12.6. The monoisotopic (exact) mass is 395 g/mol. The van der Waals surface area contributed by atoms with Gasteiger partial charge in [0.05, 0.1) is 4.88 Å². The van der Waals surface area contributed by atoms with E-state index in [9.17, 15) is 4.79 Å². The number of carbonyl (C=O) groups excluding carboxylic acids is 1. The number of aromatic nitrogens is 3. The Morgan fingerprint density at radius 2 is 2.04 bits per heavy atom. The Morgan fingerprint density at radius 1 is 1.21 bits per heavy atom. The number of H-pyrrole nitrogens is 1. The highest BCUT2D eigenvalue weighted by Gasteiger charge is 2.22. The maximum absolute atomic E-state index is 12.6. The molecule has 144 valence electrons. The number of rotatable bonds is 4. The number of hydrogen-bond acceptors (Lipinski definition) is 6. The number of nitrogens with zero attached hydrogens (tertiary/aromatic N) is 2. The van der Waals surface area contributed by atoms with Gasteiger partial charge in [0, 0.05) is 10.9 Å². The van der Waals surface area contributed by atoms with Crippen LogP contribution in [0.1, 0.15) is 55.7 Å². The van der Waals surface area contributed by atoms with E-state index in [1.165, 1.54) is 16.9 Å². The van der Waals surface area contributed by atoms with E-state index in [0.717, 1.165) is 15.8 Å². The van der Waals surface area contributed by atoms with E-state index < -0.39 is 12.1 Å². The van der Waals surface area contributed by atoms with Crippen molar-refractivity contribution < 1.29 is 13.9 Å². The first-order chi connectivity index (χ1) is 13.3. The van der Waals surface area contributed by atoms with Gasteiger partial charge in [-0.15, -0.1) is 21.5 Å². The van der Waals surface area contributed by atoms with Crippen molar-refractivity contribution in [3.63, 3.8) is 0 Å². The summed E-state index contributed by atoms with van der Waals surface area (Å²) in [5.41, 5.74) is 2.53. The highest BCUT2D eigenvalue weighted by molar-refractivity contribution is 7.13. The highest BCUT2D eigenvalue weighted by Crippen LogP contribution is 2.28. The fraction of sp³-hybridized carbons (Fsp3) is 0.286. The molecule has 4 aromatic rings. The predicted molar refractivity (Wildman–Crippen MR) is 108 cm³/mol. The van der Waals surface area contributed by atoms with Gasteiger partial charge >= 0.3 is 5.97 Å². The Labute approximate surface area is 166 Å². The minimum absolute atomic E-state index is 0.0344. The van der Waals surface area contributed by atoms with Crippen LogP contribution in [0.25, 0.3) is 21.7 Å². The van der Waals surface area contributed by atoms with Crippen LogP contribution in [0.3, 0.4) is 0 Å². The topological polar surface area (TPSA) is 81.0 Å². The first-order valence-electron chi connectivity index (χ1n) is 9.03. The first-order valence-corrected chi connectivity index (χ1v) is 9.91. The molecule has 0 radical (unpaired) electrons. The minimum atomic E-state index is -0.648. The Hall–Kier alpha value is -2.93. The van der Waals surface area contributed by atoms with Crippen LogP contribution in [0.15, 0.2) is 46.2 Å². The van der Waals surface area contributed by atoms with Crippen LogP contribution in [-0.4, -0.2) is 21.2 Å². The van der Waals surface area contributed by atoms with Crippen LogP contribution in [0.5, 0.6) is 0 Å². The molecule has 0 amide bonds. The average molecular weight is 395 g/mol. The van der Waals surface area contributed by atoms with Gasteiger partial charge in [0.1, 0.15) is 5.69 Å². The van der Waals surface area contributed by atoms with Gasteiger partial charge in [-0.3, -0.25) is 0 Å². The molecule has 3 heterocycles. The van der Waals surface area contributed by atoms with Crippen LogP contribution in [0.2, 0.25) is 0 Å². The zero-order valence-electron chi connectivity index (χ0n) is 16.1. The third-order valence-corrected chi connectivity index (χ3v) is 5.37. The standard InChI is InChI=1S/C21H21N3O3S/c1-12(18-23-24-19(27-18)17-6-5-9-28-17)26-20(25)16-10-13-7-8-14(21(2,3)4)11-15(13)22-16/h5-12,22H,1-4H3. The molecule has 6 nitrogen and oxygen atoms in total. The van der Waals surface area contributed by atoms with Gasteiger partial charge in [-0.2, -0.15) is 0 Å². The molecule has 0 aliphatic heterocycles. The quantitative estimate of drug-likeness (QED) is 0.462. The molecule has 1 unspecified atom stereocenters. The maximum Gasteiger partial charge on any atom is 0.355 e. The highest BCUT2D eigenvalue weighted by atomic mass is 32.1. The lowest BCUT2D eigenvalue weighted by Crippen LogP contribution is -2.10. The fourth-order valence-corrected chi connectivity index (χ4v) is 3.52. The fourth-order valence-electron chi connectivity index (χ4n) is 2.88. The largest absolute Gasteiger partial charge is 0.448 e. The third-order valence-electron chi connectivity index (χ3n) is 4.51. The van der Waals surface area contributed by atoms with Gasteiger partial charge < -0.3 is 14.1 Å². The molecule has 0 fully saturated rings. The van der Waals surface area contributed by atoms with Crippen LogP contribution in [0.4, 0.5) is 0 Å². The number of thiophene rings is 1. The molecule has 4 rings (SSSR count). The van der Waals surface area contributed by atoms with Crippen molar-refractivity contribution in [2.75, 3.05) is 0 Å². The summed E-state index contributed by atoms with van der Waals surface area (Å²) in [4.78, 5) is 16.6. The smallest absolute Gasteiger partial charge is 0.355 e. The second-order valence-electron chi connectivity index (χ2n) is 7.71. The average Bonchev–Trinajstić information content (AvgIpc) is 3.38. The molecule has 0 saturated heterocycles. The van der Waals surface area contributed by atoms with Crippen LogP contribution in [0, 0.1) is 0 Å². The van der Waals surface area contributed by atoms with E-state index >= 15 is 0 Å². The van der Waals surface area contributed by atoms with E-state index in [-0.39, 0.29) is 11.3 Å². The Morgan fingerprint density at radius 3 is 2.75 bits per heavy atom. The van der Waals surface area contributed by atoms with Crippen molar-refractivity contribution in [3.05, 3.63) is 58.9 Å². The molecule has 0 aliphatic rings. The molecular weight excluding hydrogens is 374 g/mol. The molecule has 1 atom stereocenters. The number of carbonyl (C=O) groups is 1. The molecule has 0 bridgehead atoms. The van der Waals surface area contributed by atoms with Gasteiger partial charge in [-0.25, -0.2) is 4.79 Å². The van der Waals surface area contributed by atoms with Crippen molar-refractivity contribution in [1.82, 2.24) is 15.2 Å². The van der Waals surface area contributed by atoms with E-state index in [1.54, 1.807) is 13.0 Å². The van der Waals surface area contributed by atoms with Gasteiger partial charge in [0.15, 0.2) is 6.10 Å². The lowest BCUT2D eigenvalue weighted by Gasteiger charge is -2.18. The number of esters is 1. The summed E-state index contributed by atoms with van der Waals surface area (Å²) in [5.74, 6) is 0.230. The normalized spacial score (nSPS) is 13.0. The van der Waals surface area contributed by atoms with E-state index in [2.05, 4.69) is 48.1 Å². The number of fused-ring (bicyclic) bond motifs is 1. The Kier molecular flexibility index (Phi) is 4.55. The number of benzene rings is 1. The number of hydrogen-bond donors (Lipinski definition) is 1. The third kappa shape index (κ3) is 3.57. The second kappa shape index (κ2) is 6.91. The summed E-state index contributed by atoms with van der Waals surface area (Å²) in [6.07, 6.45) is -0.648. The van der Waals surface area contributed by atoms with E-state index in [1.807, 2.05) is 23.6 Å². The summed E-state index contributed by atoms with van der Waals surface area (Å²) in [7, 11) is 0. The molecular formula is C21H21N3O3S. The lowest BCUT2D eigenvalue weighted by molar-refractivity contribution is 0.0274. The summed E-state index contributed by atoms with van der Waals surface area (Å²) in [6, 6.07) is 11.8. The minimum Gasteiger partial charge on any atom is -0.448 e. The molecule has 3 aromatic heterocycles. The zero-order valence-corrected chi connectivity index (χ0v) is 17.0. The summed E-state index contributed by atoms with van der Waals surface area (Å²) < 4.78 is 11.2. The first kappa shape index (κ1) is 18.4. The lowest BCUT2D eigenvalue weighted by atomic mass is 9.87. The number of nitrogens with one attached hydrogen (secondary N) is 1. The van der Waals surface area contributed by atoms with Crippen molar-refractivity contribution in [2.45, 2.75) is 39.2 Å². The van der Waals surface area contributed by atoms with Crippen molar-refractivity contribution >= 4 is 28.2 Å². The SMILES string of the molecule is CC(OC(=O)c1cc2ccc(C(C)(C)C)cc2[nH]1)c1nnc(-c2cccs2)o1. The van der Waals surface area contributed by atoms with Gasteiger partial charge in [-0.1, -0.05) is 39.0 Å². The summed E-state index contributed by atoms with van der Waals surface area (Å²) in [6.45, 7) is 8.18. The molecule has 7 heteroatoms. The van der Waals surface area contributed by atoms with Gasteiger partial charge in [0.2, 0.25) is 0 Å². The van der Waals surface area contributed by atoms with Crippen LogP contribution >= 0.6 is 11.3 Å². The summed E-state index contributed by atoms with van der Waals surface area (Å²) in [5, 5.41) is 10.9. The molecule has 1 aromatic carbocycles. The molecule has 0 spiro atoms. The van der Waals surface area contributed by atoms with E-state index in [0.29, 0.717) is 11.6 Å². The Bertz CT molecular complexity index is 1120. The Balaban J connectivity index is 1.51.